The highest BCUT2D eigenvalue weighted by Crippen LogP contribution is 2.29. The zero-order chi connectivity index (χ0) is 13.9. The van der Waals surface area contributed by atoms with Crippen molar-refractivity contribution in [3.63, 3.8) is 0 Å². The number of benzene rings is 1. The van der Waals surface area contributed by atoms with Crippen molar-refractivity contribution in [2.24, 2.45) is 0 Å². The van der Waals surface area contributed by atoms with E-state index in [-0.39, 0.29) is 6.04 Å². The molecule has 0 radical (unpaired) electrons. The van der Waals surface area contributed by atoms with E-state index in [1.165, 1.54) is 5.56 Å². The first-order valence-electron chi connectivity index (χ1n) is 6.94. The second-order valence-electron chi connectivity index (χ2n) is 5.14. The number of nitriles is 1. The maximum Gasteiger partial charge on any atom is 0.220 e. The van der Waals surface area contributed by atoms with Crippen LogP contribution < -0.4 is 4.90 Å². The Morgan fingerprint density at radius 1 is 1.40 bits per heavy atom. The Morgan fingerprint density at radius 2 is 2.20 bits per heavy atom. The molecule has 0 aliphatic carbocycles. The topological polar surface area (TPSA) is 53.1 Å². The van der Waals surface area contributed by atoms with Gasteiger partial charge in [-0.1, -0.05) is 30.3 Å². The fourth-order valence-corrected chi connectivity index (χ4v) is 2.70. The third-order valence-corrected chi connectivity index (χ3v) is 3.68. The minimum atomic E-state index is -0.0776. The molecular weight excluding hydrogens is 250 g/mol. The molecule has 2 aromatic rings. The van der Waals surface area contributed by atoms with Gasteiger partial charge in [0.25, 0.3) is 0 Å². The third kappa shape index (κ3) is 2.39. The Kier molecular flexibility index (Phi) is 3.42. The second kappa shape index (κ2) is 5.38. The average molecular weight is 267 g/mol. The van der Waals surface area contributed by atoms with Crippen molar-refractivity contribution in [3.05, 3.63) is 47.5 Å². The molecule has 20 heavy (non-hydrogen) atoms. The standard InChI is InChI=1S/C16H17N3O/c1-12-16(19-9-5-8-14(19)11-17)20-15(18-12)10-13-6-3-2-4-7-13/h2-4,6-7,14H,5,8-10H2,1H3/t14-/m0/s1. The molecule has 1 saturated heterocycles. The number of aryl methyl sites for hydroxylation is 1. The molecule has 0 saturated carbocycles. The van der Waals surface area contributed by atoms with Gasteiger partial charge in [0.15, 0.2) is 0 Å². The van der Waals surface area contributed by atoms with Crippen molar-refractivity contribution in [3.8, 4) is 6.07 Å². The van der Waals surface area contributed by atoms with E-state index >= 15 is 0 Å². The minimum Gasteiger partial charge on any atom is -0.424 e. The summed E-state index contributed by atoms with van der Waals surface area (Å²) in [6, 6.07) is 12.4. The predicted molar refractivity (Wildman–Crippen MR) is 76.5 cm³/mol. The molecule has 4 heteroatoms. The number of hydrogen-bond acceptors (Lipinski definition) is 4. The van der Waals surface area contributed by atoms with Gasteiger partial charge in [-0.15, -0.1) is 0 Å². The smallest absolute Gasteiger partial charge is 0.220 e. The first kappa shape index (κ1) is 12.7. The first-order chi connectivity index (χ1) is 9.78. The van der Waals surface area contributed by atoms with Crippen LogP contribution in [0.2, 0.25) is 0 Å². The van der Waals surface area contributed by atoms with Crippen molar-refractivity contribution in [2.45, 2.75) is 32.2 Å². The van der Waals surface area contributed by atoms with E-state index in [0.29, 0.717) is 12.3 Å². The molecule has 1 atom stereocenters. The van der Waals surface area contributed by atoms with Gasteiger partial charge in [0.2, 0.25) is 11.8 Å². The lowest BCUT2D eigenvalue weighted by Gasteiger charge is -2.18. The van der Waals surface area contributed by atoms with E-state index in [2.05, 4.69) is 23.2 Å². The predicted octanol–water partition coefficient (Wildman–Crippen LogP) is 3.07. The lowest BCUT2D eigenvalue weighted by Crippen LogP contribution is -2.27. The number of nitrogens with zero attached hydrogens (tertiary/aromatic N) is 3. The Balaban J connectivity index is 1.83. The van der Waals surface area contributed by atoms with Crippen LogP contribution in [-0.4, -0.2) is 17.6 Å². The molecule has 0 bridgehead atoms. The number of oxazole rings is 1. The maximum atomic E-state index is 9.18. The summed E-state index contributed by atoms with van der Waals surface area (Å²) in [5, 5.41) is 9.18. The van der Waals surface area contributed by atoms with Gasteiger partial charge in [-0.05, 0) is 25.3 Å². The third-order valence-electron chi connectivity index (χ3n) is 3.68. The zero-order valence-corrected chi connectivity index (χ0v) is 11.5. The molecule has 0 spiro atoms. The van der Waals surface area contributed by atoms with Crippen LogP contribution in [0, 0.1) is 18.3 Å². The van der Waals surface area contributed by atoms with Gasteiger partial charge in [0, 0.05) is 13.0 Å². The minimum absolute atomic E-state index is 0.0776. The van der Waals surface area contributed by atoms with Gasteiger partial charge < -0.3 is 9.32 Å². The van der Waals surface area contributed by atoms with Crippen LogP contribution in [0.1, 0.15) is 30.0 Å². The van der Waals surface area contributed by atoms with Crippen LogP contribution in [0.25, 0.3) is 0 Å². The van der Waals surface area contributed by atoms with Crippen molar-refractivity contribution < 1.29 is 4.42 Å². The Hall–Kier alpha value is -2.28. The monoisotopic (exact) mass is 267 g/mol. The fraction of sp³-hybridized carbons (Fsp3) is 0.375. The van der Waals surface area contributed by atoms with Crippen LogP contribution >= 0.6 is 0 Å². The van der Waals surface area contributed by atoms with E-state index in [1.807, 2.05) is 30.0 Å². The number of rotatable bonds is 3. The van der Waals surface area contributed by atoms with Gasteiger partial charge in [-0.3, -0.25) is 0 Å². The lowest BCUT2D eigenvalue weighted by molar-refractivity contribution is 0.497. The van der Waals surface area contributed by atoms with E-state index in [9.17, 15) is 5.26 Å². The molecule has 3 rings (SSSR count). The van der Waals surface area contributed by atoms with Gasteiger partial charge in [0.05, 0.1) is 6.07 Å². The van der Waals surface area contributed by atoms with Crippen molar-refractivity contribution in [1.82, 2.24) is 4.98 Å². The summed E-state index contributed by atoms with van der Waals surface area (Å²) in [4.78, 5) is 6.54. The van der Waals surface area contributed by atoms with Crippen LogP contribution in [-0.2, 0) is 6.42 Å². The molecule has 1 aromatic carbocycles. The SMILES string of the molecule is Cc1nc(Cc2ccccc2)oc1N1CCC[C@H]1C#N. The maximum absolute atomic E-state index is 9.18. The molecule has 1 aliphatic heterocycles. The second-order valence-corrected chi connectivity index (χ2v) is 5.14. The molecule has 0 unspecified atom stereocenters. The van der Waals surface area contributed by atoms with E-state index in [0.717, 1.165) is 31.0 Å². The number of anilines is 1. The fourth-order valence-electron chi connectivity index (χ4n) is 2.70. The Bertz CT molecular complexity index is 627. The quantitative estimate of drug-likeness (QED) is 0.857. The molecule has 0 N–H and O–H groups in total. The normalized spacial score (nSPS) is 18.2. The highest BCUT2D eigenvalue weighted by molar-refractivity contribution is 5.45. The first-order valence-corrected chi connectivity index (χ1v) is 6.94. The van der Waals surface area contributed by atoms with Gasteiger partial charge in [-0.2, -0.15) is 5.26 Å². The van der Waals surface area contributed by atoms with E-state index < -0.39 is 0 Å². The largest absolute Gasteiger partial charge is 0.424 e. The lowest BCUT2D eigenvalue weighted by atomic mass is 10.1. The van der Waals surface area contributed by atoms with Gasteiger partial charge >= 0.3 is 0 Å². The summed E-state index contributed by atoms with van der Waals surface area (Å²) >= 11 is 0. The van der Waals surface area contributed by atoms with Gasteiger partial charge in [0.1, 0.15) is 11.7 Å². The van der Waals surface area contributed by atoms with Crippen LogP contribution in [0.15, 0.2) is 34.7 Å². The van der Waals surface area contributed by atoms with Crippen LogP contribution in [0.5, 0.6) is 0 Å². The van der Waals surface area contributed by atoms with E-state index in [4.69, 9.17) is 4.42 Å². The number of hydrogen-bond donors (Lipinski definition) is 0. The summed E-state index contributed by atoms with van der Waals surface area (Å²) in [6.45, 7) is 2.82. The van der Waals surface area contributed by atoms with Crippen molar-refractivity contribution in [2.75, 3.05) is 11.4 Å². The summed E-state index contributed by atoms with van der Waals surface area (Å²) in [5.41, 5.74) is 2.05. The molecule has 1 fully saturated rings. The Labute approximate surface area is 118 Å². The van der Waals surface area contributed by atoms with Crippen LogP contribution in [0.3, 0.4) is 0 Å². The average Bonchev–Trinajstić information content (AvgIpc) is 3.06. The molecule has 0 amide bonds. The van der Waals surface area contributed by atoms with Crippen molar-refractivity contribution >= 4 is 5.88 Å². The molecular formula is C16H17N3O. The molecule has 1 aliphatic rings. The number of aromatic nitrogens is 1. The van der Waals surface area contributed by atoms with Crippen molar-refractivity contribution in [1.29, 1.82) is 5.26 Å². The molecule has 2 heterocycles. The summed E-state index contributed by atoms with van der Waals surface area (Å²) < 4.78 is 5.90. The summed E-state index contributed by atoms with van der Waals surface area (Å²) in [5.74, 6) is 1.48. The molecule has 4 nitrogen and oxygen atoms in total. The summed E-state index contributed by atoms with van der Waals surface area (Å²) in [7, 11) is 0. The molecule has 102 valence electrons. The summed E-state index contributed by atoms with van der Waals surface area (Å²) in [6.07, 6.45) is 2.63. The van der Waals surface area contributed by atoms with E-state index in [1.54, 1.807) is 0 Å². The Morgan fingerprint density at radius 3 is 2.95 bits per heavy atom. The molecule has 1 aromatic heterocycles. The highest BCUT2D eigenvalue weighted by Gasteiger charge is 2.28. The zero-order valence-electron chi connectivity index (χ0n) is 11.5. The van der Waals surface area contributed by atoms with Crippen LogP contribution in [0.4, 0.5) is 5.88 Å². The highest BCUT2D eigenvalue weighted by atomic mass is 16.4. The van der Waals surface area contributed by atoms with Gasteiger partial charge in [-0.25, -0.2) is 4.98 Å².